The van der Waals surface area contributed by atoms with Gasteiger partial charge in [-0.15, -0.1) is 0 Å². The number of benzene rings is 2. The van der Waals surface area contributed by atoms with Gasteiger partial charge in [0, 0.05) is 18.3 Å². The number of halogens is 1. The molecule has 0 unspecified atom stereocenters. The van der Waals surface area contributed by atoms with Crippen LogP contribution < -0.4 is 0 Å². The van der Waals surface area contributed by atoms with Crippen molar-refractivity contribution in [3.8, 4) is 0 Å². The van der Waals surface area contributed by atoms with E-state index >= 15 is 0 Å². The first-order chi connectivity index (χ1) is 9.84. The summed E-state index contributed by atoms with van der Waals surface area (Å²) in [5.74, 6) is -0.116. The summed E-state index contributed by atoms with van der Waals surface area (Å²) < 4.78 is 13.1. The van der Waals surface area contributed by atoms with Gasteiger partial charge in [0.1, 0.15) is 5.82 Å². The van der Waals surface area contributed by atoms with Crippen LogP contribution in [0.2, 0.25) is 0 Å². The number of rotatable bonds is 3. The molecule has 1 aromatic heterocycles. The number of aromatic nitrogens is 1. The summed E-state index contributed by atoms with van der Waals surface area (Å²) in [4.78, 5) is 4.07. The molecule has 2 aromatic carbocycles. The van der Waals surface area contributed by atoms with Crippen molar-refractivity contribution in [3.63, 3.8) is 0 Å². The lowest BCUT2D eigenvalue weighted by Gasteiger charge is -2.18. The van der Waals surface area contributed by atoms with Crippen LogP contribution in [0.15, 0.2) is 79.1 Å². The van der Waals surface area contributed by atoms with E-state index in [9.17, 15) is 4.39 Å². The molecule has 0 saturated carbocycles. The van der Waals surface area contributed by atoms with Gasteiger partial charge in [-0.2, -0.15) is 0 Å². The van der Waals surface area contributed by atoms with Gasteiger partial charge in [0.05, 0.1) is 0 Å². The highest BCUT2D eigenvalue weighted by Crippen LogP contribution is 2.31. The second-order valence-corrected chi connectivity index (χ2v) is 4.68. The molecule has 0 N–H and O–H groups in total. The zero-order chi connectivity index (χ0) is 13.8. The molecule has 3 aromatic rings. The van der Waals surface area contributed by atoms with E-state index in [2.05, 4.69) is 17.1 Å². The molecule has 0 saturated heterocycles. The van der Waals surface area contributed by atoms with Crippen LogP contribution in [0.4, 0.5) is 4.39 Å². The van der Waals surface area contributed by atoms with E-state index in [4.69, 9.17) is 0 Å². The molecule has 1 nitrogen and oxygen atoms in total. The van der Waals surface area contributed by atoms with E-state index in [1.54, 1.807) is 12.4 Å². The lowest BCUT2D eigenvalue weighted by atomic mass is 9.86. The van der Waals surface area contributed by atoms with Crippen LogP contribution in [0.5, 0.6) is 0 Å². The molecule has 0 aliphatic rings. The molecular formula is C18H14FN. The Balaban J connectivity index is 2.11. The highest BCUT2D eigenvalue weighted by molar-refractivity contribution is 5.42. The van der Waals surface area contributed by atoms with E-state index in [1.165, 1.54) is 17.7 Å². The van der Waals surface area contributed by atoms with Crippen molar-refractivity contribution in [1.82, 2.24) is 4.98 Å². The summed E-state index contributed by atoms with van der Waals surface area (Å²) in [5.41, 5.74) is 3.41. The average Bonchev–Trinajstić information content (AvgIpc) is 2.52. The summed E-state index contributed by atoms with van der Waals surface area (Å²) in [7, 11) is 0. The minimum Gasteiger partial charge on any atom is -0.265 e. The third kappa shape index (κ3) is 2.59. The fourth-order valence-electron chi connectivity index (χ4n) is 2.43. The topological polar surface area (TPSA) is 12.9 Å². The minimum absolute atomic E-state index is 0.0970. The molecule has 0 radical (unpaired) electrons. The van der Waals surface area contributed by atoms with Gasteiger partial charge in [-0.3, -0.25) is 4.98 Å². The molecular weight excluding hydrogens is 249 g/mol. The van der Waals surface area contributed by atoms with Crippen LogP contribution in [0.25, 0.3) is 0 Å². The Labute approximate surface area is 117 Å². The molecule has 0 fully saturated rings. The minimum atomic E-state index is -0.213. The van der Waals surface area contributed by atoms with Crippen molar-refractivity contribution in [1.29, 1.82) is 0 Å². The first-order valence-electron chi connectivity index (χ1n) is 6.55. The Morgan fingerprint density at radius 2 is 1.20 bits per heavy atom. The van der Waals surface area contributed by atoms with Crippen LogP contribution in [0, 0.1) is 5.82 Å². The van der Waals surface area contributed by atoms with E-state index < -0.39 is 0 Å². The van der Waals surface area contributed by atoms with Gasteiger partial charge in [-0.1, -0.05) is 42.5 Å². The van der Waals surface area contributed by atoms with Gasteiger partial charge in [0.25, 0.3) is 0 Å². The number of hydrogen-bond acceptors (Lipinski definition) is 1. The molecule has 0 amide bonds. The van der Waals surface area contributed by atoms with Gasteiger partial charge in [0.2, 0.25) is 0 Å². The van der Waals surface area contributed by atoms with E-state index in [0.29, 0.717) is 0 Å². The number of nitrogens with zero attached hydrogens (tertiary/aromatic N) is 1. The van der Waals surface area contributed by atoms with Crippen molar-refractivity contribution in [2.75, 3.05) is 0 Å². The van der Waals surface area contributed by atoms with Crippen LogP contribution in [-0.4, -0.2) is 4.98 Å². The third-order valence-corrected chi connectivity index (χ3v) is 3.38. The molecule has 0 spiro atoms. The van der Waals surface area contributed by atoms with Crippen LogP contribution in [0.1, 0.15) is 22.6 Å². The Morgan fingerprint density at radius 3 is 1.85 bits per heavy atom. The van der Waals surface area contributed by atoms with E-state index in [1.807, 2.05) is 42.5 Å². The monoisotopic (exact) mass is 263 g/mol. The van der Waals surface area contributed by atoms with Crippen LogP contribution in [-0.2, 0) is 0 Å². The van der Waals surface area contributed by atoms with Gasteiger partial charge in [0.15, 0.2) is 0 Å². The second-order valence-electron chi connectivity index (χ2n) is 4.68. The summed E-state index contributed by atoms with van der Waals surface area (Å²) >= 11 is 0. The predicted molar refractivity (Wildman–Crippen MR) is 78.0 cm³/mol. The summed E-state index contributed by atoms with van der Waals surface area (Å²) in [6.45, 7) is 0. The van der Waals surface area contributed by atoms with E-state index in [-0.39, 0.29) is 11.7 Å². The zero-order valence-corrected chi connectivity index (χ0v) is 10.9. The molecule has 2 heteroatoms. The molecule has 1 heterocycles. The standard InChI is InChI=1S/C18H14FN/c19-17-8-6-15(7-9-17)18(14-4-2-1-3-5-14)16-10-12-20-13-11-16/h1-13,18H/t18-/m0/s1. The smallest absolute Gasteiger partial charge is 0.123 e. The highest BCUT2D eigenvalue weighted by Gasteiger charge is 2.16. The van der Waals surface area contributed by atoms with E-state index in [0.717, 1.165) is 11.1 Å². The molecule has 3 rings (SSSR count). The predicted octanol–water partition coefficient (Wildman–Crippen LogP) is 4.40. The molecule has 1 atom stereocenters. The zero-order valence-electron chi connectivity index (χ0n) is 10.9. The number of hydrogen-bond donors (Lipinski definition) is 0. The summed E-state index contributed by atoms with van der Waals surface area (Å²) in [6.07, 6.45) is 3.57. The maximum atomic E-state index is 13.1. The normalized spacial score (nSPS) is 12.1. The first kappa shape index (κ1) is 12.5. The van der Waals surface area contributed by atoms with Crippen molar-refractivity contribution >= 4 is 0 Å². The van der Waals surface area contributed by atoms with Gasteiger partial charge < -0.3 is 0 Å². The molecule has 0 bridgehead atoms. The van der Waals surface area contributed by atoms with Crippen molar-refractivity contribution in [3.05, 3.63) is 102 Å². The van der Waals surface area contributed by atoms with Crippen molar-refractivity contribution < 1.29 is 4.39 Å². The lowest BCUT2D eigenvalue weighted by molar-refractivity contribution is 0.627. The summed E-state index contributed by atoms with van der Waals surface area (Å²) in [6, 6.07) is 20.9. The van der Waals surface area contributed by atoms with Crippen molar-refractivity contribution in [2.24, 2.45) is 0 Å². The Bertz CT molecular complexity index is 623. The fourth-order valence-corrected chi connectivity index (χ4v) is 2.43. The molecule has 0 aliphatic heterocycles. The largest absolute Gasteiger partial charge is 0.265 e. The maximum absolute atomic E-state index is 13.1. The Morgan fingerprint density at radius 1 is 0.650 bits per heavy atom. The van der Waals surface area contributed by atoms with Crippen LogP contribution in [0.3, 0.4) is 0 Å². The first-order valence-corrected chi connectivity index (χ1v) is 6.55. The second kappa shape index (κ2) is 5.66. The number of pyridine rings is 1. The highest BCUT2D eigenvalue weighted by atomic mass is 19.1. The van der Waals surface area contributed by atoms with Gasteiger partial charge in [-0.05, 0) is 41.0 Å². The molecule has 20 heavy (non-hydrogen) atoms. The fraction of sp³-hybridized carbons (Fsp3) is 0.0556. The molecule has 98 valence electrons. The maximum Gasteiger partial charge on any atom is 0.123 e. The van der Waals surface area contributed by atoms with Crippen LogP contribution >= 0.6 is 0 Å². The lowest BCUT2D eigenvalue weighted by Crippen LogP contribution is -2.03. The van der Waals surface area contributed by atoms with Crippen molar-refractivity contribution in [2.45, 2.75) is 5.92 Å². The SMILES string of the molecule is Fc1ccc([C@H](c2ccccc2)c2ccncc2)cc1. The third-order valence-electron chi connectivity index (χ3n) is 3.38. The summed E-state index contributed by atoms with van der Waals surface area (Å²) in [5, 5.41) is 0. The van der Waals surface area contributed by atoms with Gasteiger partial charge in [-0.25, -0.2) is 4.39 Å². The average molecular weight is 263 g/mol. The van der Waals surface area contributed by atoms with Gasteiger partial charge >= 0.3 is 0 Å². The molecule has 0 aliphatic carbocycles. The Kier molecular flexibility index (Phi) is 3.55. The Hall–Kier alpha value is -2.48. The quantitative estimate of drug-likeness (QED) is 0.682.